The first-order chi connectivity index (χ1) is 9.12. The van der Waals surface area contributed by atoms with Crippen molar-refractivity contribution in [3.63, 3.8) is 0 Å². The van der Waals surface area contributed by atoms with Crippen LogP contribution in [0.25, 0.3) is 0 Å². The Morgan fingerprint density at radius 1 is 1.26 bits per heavy atom. The van der Waals surface area contributed by atoms with Crippen LogP contribution in [0, 0.1) is 0 Å². The minimum Gasteiger partial charge on any atom is -0.296 e. The second kappa shape index (κ2) is 6.83. The van der Waals surface area contributed by atoms with Gasteiger partial charge in [-0.25, -0.2) is 8.42 Å². The molecular weight excluding hydrogens is 280 g/mol. The highest BCUT2D eigenvalue weighted by Crippen LogP contribution is 2.15. The standard InChI is InChI=1S/C13H22N2O2S2/c1-2-3-11-19(16,17)15-8-6-14(7-9-15)12-13-5-4-10-18-13/h4-5,10H,2-3,6-9,11-12H2,1H3. The van der Waals surface area contributed by atoms with Crippen molar-refractivity contribution in [2.75, 3.05) is 31.9 Å². The van der Waals surface area contributed by atoms with Crippen LogP contribution in [-0.2, 0) is 16.6 Å². The SMILES string of the molecule is CCCCS(=O)(=O)N1CCN(Cc2cccs2)CC1. The van der Waals surface area contributed by atoms with Gasteiger partial charge < -0.3 is 0 Å². The van der Waals surface area contributed by atoms with E-state index in [4.69, 9.17) is 0 Å². The highest BCUT2D eigenvalue weighted by Gasteiger charge is 2.26. The van der Waals surface area contributed by atoms with E-state index in [-0.39, 0.29) is 0 Å². The van der Waals surface area contributed by atoms with Gasteiger partial charge in [0.2, 0.25) is 10.0 Å². The minimum absolute atomic E-state index is 0.300. The third-order valence-electron chi connectivity index (χ3n) is 3.44. The van der Waals surface area contributed by atoms with Gasteiger partial charge >= 0.3 is 0 Å². The van der Waals surface area contributed by atoms with Gasteiger partial charge in [0.25, 0.3) is 0 Å². The van der Waals surface area contributed by atoms with Crippen molar-refractivity contribution in [3.8, 4) is 0 Å². The van der Waals surface area contributed by atoms with E-state index in [2.05, 4.69) is 22.4 Å². The molecule has 1 aromatic rings. The zero-order valence-corrected chi connectivity index (χ0v) is 13.0. The number of nitrogens with zero attached hydrogens (tertiary/aromatic N) is 2. The lowest BCUT2D eigenvalue weighted by atomic mass is 10.3. The molecule has 108 valence electrons. The van der Waals surface area contributed by atoms with E-state index in [1.54, 1.807) is 15.6 Å². The number of rotatable bonds is 6. The molecule has 0 bridgehead atoms. The molecule has 1 saturated heterocycles. The Morgan fingerprint density at radius 3 is 2.58 bits per heavy atom. The first-order valence-corrected chi connectivity index (χ1v) is 9.33. The van der Waals surface area contributed by atoms with Crippen LogP contribution >= 0.6 is 11.3 Å². The molecule has 0 amide bonds. The fraction of sp³-hybridized carbons (Fsp3) is 0.692. The highest BCUT2D eigenvalue weighted by molar-refractivity contribution is 7.89. The maximum atomic E-state index is 12.1. The highest BCUT2D eigenvalue weighted by atomic mass is 32.2. The van der Waals surface area contributed by atoms with Crippen LogP contribution in [0.1, 0.15) is 24.6 Å². The quantitative estimate of drug-likeness (QED) is 0.807. The van der Waals surface area contributed by atoms with E-state index < -0.39 is 10.0 Å². The van der Waals surface area contributed by atoms with Crippen LogP contribution in [0.2, 0.25) is 0 Å². The second-order valence-corrected chi connectivity index (χ2v) is 8.04. The van der Waals surface area contributed by atoms with E-state index >= 15 is 0 Å². The summed E-state index contributed by atoms with van der Waals surface area (Å²) < 4.78 is 25.8. The van der Waals surface area contributed by atoms with Gasteiger partial charge in [-0.05, 0) is 17.9 Å². The predicted octanol–water partition coefficient (Wildman–Crippen LogP) is 2.00. The molecule has 1 fully saturated rings. The van der Waals surface area contributed by atoms with Gasteiger partial charge in [-0.3, -0.25) is 4.90 Å². The largest absolute Gasteiger partial charge is 0.296 e. The average molecular weight is 302 g/mol. The lowest BCUT2D eigenvalue weighted by Crippen LogP contribution is -2.48. The number of piperazine rings is 1. The zero-order valence-electron chi connectivity index (χ0n) is 11.4. The zero-order chi connectivity index (χ0) is 13.7. The average Bonchev–Trinajstić information content (AvgIpc) is 2.90. The summed E-state index contributed by atoms with van der Waals surface area (Å²) >= 11 is 1.76. The molecule has 0 aromatic carbocycles. The van der Waals surface area contributed by atoms with E-state index in [1.807, 2.05) is 6.92 Å². The molecule has 0 aliphatic carbocycles. The maximum Gasteiger partial charge on any atom is 0.214 e. The van der Waals surface area contributed by atoms with Crippen molar-refractivity contribution < 1.29 is 8.42 Å². The Hall–Kier alpha value is -0.430. The summed E-state index contributed by atoms with van der Waals surface area (Å²) in [5.74, 6) is 0.300. The molecule has 19 heavy (non-hydrogen) atoms. The molecular formula is C13H22N2O2S2. The van der Waals surface area contributed by atoms with Crippen molar-refractivity contribution in [2.45, 2.75) is 26.3 Å². The molecule has 0 unspecified atom stereocenters. The predicted molar refractivity (Wildman–Crippen MR) is 79.9 cm³/mol. The molecule has 2 rings (SSSR count). The molecule has 2 heterocycles. The Bertz CT molecular complexity index is 463. The van der Waals surface area contributed by atoms with Crippen molar-refractivity contribution in [1.82, 2.24) is 9.21 Å². The van der Waals surface area contributed by atoms with Gasteiger partial charge in [0, 0.05) is 37.6 Å². The van der Waals surface area contributed by atoms with Crippen molar-refractivity contribution in [3.05, 3.63) is 22.4 Å². The normalized spacial score (nSPS) is 18.8. The Labute approximate surface area is 120 Å². The van der Waals surface area contributed by atoms with Crippen molar-refractivity contribution in [2.24, 2.45) is 0 Å². The first kappa shape index (κ1) is 15.0. The third-order valence-corrected chi connectivity index (χ3v) is 6.26. The van der Waals surface area contributed by atoms with Crippen LogP contribution in [-0.4, -0.2) is 49.6 Å². The van der Waals surface area contributed by atoms with Gasteiger partial charge in [0.1, 0.15) is 0 Å². The molecule has 0 N–H and O–H groups in total. The van der Waals surface area contributed by atoms with Gasteiger partial charge in [0.05, 0.1) is 5.75 Å². The Kier molecular flexibility index (Phi) is 5.38. The molecule has 0 spiro atoms. The smallest absolute Gasteiger partial charge is 0.214 e. The maximum absolute atomic E-state index is 12.1. The van der Waals surface area contributed by atoms with Crippen LogP contribution < -0.4 is 0 Å². The van der Waals surface area contributed by atoms with Gasteiger partial charge in [-0.1, -0.05) is 19.4 Å². The monoisotopic (exact) mass is 302 g/mol. The molecule has 1 aromatic heterocycles. The molecule has 0 radical (unpaired) electrons. The minimum atomic E-state index is -3.02. The summed E-state index contributed by atoms with van der Waals surface area (Å²) in [5.41, 5.74) is 0. The molecule has 1 aliphatic rings. The van der Waals surface area contributed by atoms with Crippen LogP contribution in [0.5, 0.6) is 0 Å². The Morgan fingerprint density at radius 2 is 2.00 bits per heavy atom. The van der Waals surface area contributed by atoms with Gasteiger partial charge in [-0.2, -0.15) is 4.31 Å². The number of hydrogen-bond acceptors (Lipinski definition) is 4. The summed E-state index contributed by atoms with van der Waals surface area (Å²) in [6.07, 6.45) is 1.69. The van der Waals surface area contributed by atoms with E-state index in [9.17, 15) is 8.42 Å². The van der Waals surface area contributed by atoms with Crippen LogP contribution in [0.15, 0.2) is 17.5 Å². The van der Waals surface area contributed by atoms with Crippen LogP contribution in [0.4, 0.5) is 0 Å². The van der Waals surface area contributed by atoms with Crippen molar-refractivity contribution in [1.29, 1.82) is 0 Å². The summed E-state index contributed by atoms with van der Waals surface area (Å²) in [5, 5.41) is 2.08. The van der Waals surface area contributed by atoms with Gasteiger partial charge in [0.15, 0.2) is 0 Å². The molecule has 0 atom stereocenters. The second-order valence-electron chi connectivity index (χ2n) is 4.92. The van der Waals surface area contributed by atoms with E-state index in [0.29, 0.717) is 18.8 Å². The summed E-state index contributed by atoms with van der Waals surface area (Å²) in [7, 11) is -3.02. The summed E-state index contributed by atoms with van der Waals surface area (Å²) in [4.78, 5) is 3.68. The first-order valence-electron chi connectivity index (χ1n) is 6.84. The van der Waals surface area contributed by atoms with Crippen LogP contribution in [0.3, 0.4) is 0 Å². The van der Waals surface area contributed by atoms with Crippen molar-refractivity contribution >= 4 is 21.4 Å². The van der Waals surface area contributed by atoms with E-state index in [1.165, 1.54) is 4.88 Å². The molecule has 6 heteroatoms. The Balaban J connectivity index is 1.82. The molecule has 4 nitrogen and oxygen atoms in total. The number of hydrogen-bond donors (Lipinski definition) is 0. The number of unbranched alkanes of at least 4 members (excludes halogenated alkanes) is 1. The fourth-order valence-corrected chi connectivity index (χ4v) is 4.62. The molecule has 0 saturated carbocycles. The topological polar surface area (TPSA) is 40.6 Å². The summed E-state index contributed by atoms with van der Waals surface area (Å²) in [6.45, 7) is 5.91. The molecule has 1 aliphatic heterocycles. The lowest BCUT2D eigenvalue weighted by molar-refractivity contribution is 0.183. The number of sulfonamides is 1. The lowest BCUT2D eigenvalue weighted by Gasteiger charge is -2.33. The van der Waals surface area contributed by atoms with Gasteiger partial charge in [-0.15, -0.1) is 11.3 Å². The number of thiophene rings is 1. The van der Waals surface area contributed by atoms with E-state index in [0.717, 1.165) is 32.5 Å². The third kappa shape index (κ3) is 4.27. The summed E-state index contributed by atoms with van der Waals surface area (Å²) in [6, 6.07) is 4.19. The fourth-order valence-electron chi connectivity index (χ4n) is 2.24.